The quantitative estimate of drug-likeness (QED) is 0.775. The Balaban J connectivity index is 2.74. The first-order valence-electron chi connectivity index (χ1n) is 4.69. The summed E-state index contributed by atoms with van der Waals surface area (Å²) >= 11 is 1.30. The molecule has 3 nitrogen and oxygen atoms in total. The predicted molar refractivity (Wildman–Crippen MR) is 60.2 cm³/mol. The van der Waals surface area contributed by atoms with E-state index >= 15 is 0 Å². The molecule has 0 spiro atoms. The molecule has 4 heteroatoms. The van der Waals surface area contributed by atoms with Crippen LogP contribution in [-0.4, -0.2) is 21.4 Å². The van der Waals surface area contributed by atoms with E-state index in [2.05, 4.69) is 0 Å². The highest BCUT2D eigenvalue weighted by Gasteiger charge is 2.22. The molecule has 1 unspecified atom stereocenters. The lowest BCUT2D eigenvalue weighted by atomic mass is 10.1. The molecule has 0 saturated heterocycles. The average Bonchev–Trinajstić information content (AvgIpc) is 2.15. The zero-order valence-electron chi connectivity index (χ0n) is 8.68. The Labute approximate surface area is 93.1 Å². The first-order chi connectivity index (χ1) is 7.00. The van der Waals surface area contributed by atoms with Crippen molar-refractivity contribution in [1.82, 2.24) is 0 Å². The molecule has 15 heavy (non-hydrogen) atoms. The van der Waals surface area contributed by atoms with Crippen molar-refractivity contribution in [2.24, 2.45) is 5.92 Å². The van der Waals surface area contributed by atoms with Crippen LogP contribution in [0.5, 0.6) is 5.75 Å². The molecule has 0 aliphatic rings. The van der Waals surface area contributed by atoms with Gasteiger partial charge in [-0.05, 0) is 30.2 Å². The van der Waals surface area contributed by atoms with Crippen LogP contribution < -0.4 is 0 Å². The molecule has 0 heterocycles. The van der Waals surface area contributed by atoms with Crippen molar-refractivity contribution in [1.29, 1.82) is 0 Å². The summed E-state index contributed by atoms with van der Waals surface area (Å²) in [5.74, 6) is -0.542. The maximum atomic E-state index is 10.9. The number of carbonyl (C=O) groups is 1. The first-order valence-corrected chi connectivity index (χ1v) is 5.57. The van der Waals surface area contributed by atoms with Gasteiger partial charge in [0.1, 0.15) is 11.0 Å². The van der Waals surface area contributed by atoms with Crippen LogP contribution in [-0.2, 0) is 4.79 Å². The summed E-state index contributed by atoms with van der Waals surface area (Å²) in [5.41, 5.74) is 0. The van der Waals surface area contributed by atoms with Gasteiger partial charge in [-0.3, -0.25) is 4.79 Å². The summed E-state index contributed by atoms with van der Waals surface area (Å²) in [6.07, 6.45) is 0. The third kappa shape index (κ3) is 3.47. The minimum atomic E-state index is -0.803. The van der Waals surface area contributed by atoms with Gasteiger partial charge in [0.25, 0.3) is 0 Å². The smallest absolute Gasteiger partial charge is 0.317 e. The van der Waals surface area contributed by atoms with Gasteiger partial charge in [-0.1, -0.05) is 13.8 Å². The summed E-state index contributed by atoms with van der Waals surface area (Å²) in [6.45, 7) is 3.76. The highest BCUT2D eigenvalue weighted by atomic mass is 32.2. The molecule has 0 aliphatic carbocycles. The number of carboxylic acid groups (broad SMARTS) is 1. The Morgan fingerprint density at radius 2 is 1.80 bits per heavy atom. The second kappa shape index (κ2) is 5.07. The van der Waals surface area contributed by atoms with Crippen molar-refractivity contribution in [2.75, 3.05) is 0 Å². The summed E-state index contributed by atoms with van der Waals surface area (Å²) in [7, 11) is 0. The molecule has 1 aromatic carbocycles. The van der Waals surface area contributed by atoms with Crippen LogP contribution in [0.2, 0.25) is 0 Å². The van der Waals surface area contributed by atoms with E-state index in [1.54, 1.807) is 24.3 Å². The van der Waals surface area contributed by atoms with Crippen molar-refractivity contribution in [3.05, 3.63) is 24.3 Å². The molecule has 0 saturated carbocycles. The van der Waals surface area contributed by atoms with Crippen molar-refractivity contribution >= 4 is 17.7 Å². The van der Waals surface area contributed by atoms with E-state index in [0.29, 0.717) is 0 Å². The third-order valence-corrected chi connectivity index (χ3v) is 3.49. The number of carboxylic acids is 1. The average molecular weight is 226 g/mol. The molecule has 0 aliphatic heterocycles. The molecular weight excluding hydrogens is 212 g/mol. The number of aromatic hydroxyl groups is 1. The summed E-state index contributed by atoms with van der Waals surface area (Å²) < 4.78 is 0. The zero-order valence-corrected chi connectivity index (χ0v) is 9.49. The zero-order chi connectivity index (χ0) is 11.4. The largest absolute Gasteiger partial charge is 0.508 e. The van der Waals surface area contributed by atoms with Crippen molar-refractivity contribution < 1.29 is 15.0 Å². The van der Waals surface area contributed by atoms with Crippen LogP contribution in [0, 0.1) is 5.92 Å². The molecule has 0 radical (unpaired) electrons. The van der Waals surface area contributed by atoms with E-state index in [4.69, 9.17) is 10.2 Å². The van der Waals surface area contributed by atoms with Crippen LogP contribution in [0.1, 0.15) is 13.8 Å². The van der Waals surface area contributed by atoms with Crippen molar-refractivity contribution in [3.63, 3.8) is 0 Å². The van der Waals surface area contributed by atoms with E-state index in [1.165, 1.54) is 11.8 Å². The molecule has 2 N–H and O–H groups in total. The van der Waals surface area contributed by atoms with E-state index < -0.39 is 11.2 Å². The second-order valence-electron chi connectivity index (χ2n) is 3.61. The molecule has 82 valence electrons. The predicted octanol–water partition coefficient (Wildman–Crippen LogP) is 2.59. The monoisotopic (exact) mass is 226 g/mol. The lowest BCUT2D eigenvalue weighted by Gasteiger charge is -2.15. The van der Waals surface area contributed by atoms with Crippen LogP contribution in [0.4, 0.5) is 0 Å². The summed E-state index contributed by atoms with van der Waals surface area (Å²) in [5, 5.41) is 17.6. The molecule has 0 bridgehead atoms. The minimum absolute atomic E-state index is 0.0707. The van der Waals surface area contributed by atoms with Gasteiger partial charge in [-0.15, -0.1) is 11.8 Å². The van der Waals surface area contributed by atoms with Gasteiger partial charge < -0.3 is 10.2 Å². The molecular formula is C11H14O3S. The maximum Gasteiger partial charge on any atom is 0.317 e. The number of phenolic OH excluding ortho intramolecular Hbond substituents is 1. The summed E-state index contributed by atoms with van der Waals surface area (Å²) in [4.78, 5) is 11.8. The lowest BCUT2D eigenvalue weighted by molar-refractivity contribution is -0.137. The molecule has 1 aromatic rings. The number of rotatable bonds is 4. The fraction of sp³-hybridized carbons (Fsp3) is 0.364. The van der Waals surface area contributed by atoms with E-state index in [-0.39, 0.29) is 11.7 Å². The second-order valence-corrected chi connectivity index (χ2v) is 4.83. The van der Waals surface area contributed by atoms with Crippen LogP contribution >= 0.6 is 11.8 Å². The number of aliphatic carboxylic acids is 1. The van der Waals surface area contributed by atoms with E-state index in [9.17, 15) is 4.79 Å². The van der Waals surface area contributed by atoms with Crippen LogP contribution in [0.15, 0.2) is 29.2 Å². The molecule has 0 aromatic heterocycles. The standard InChI is InChI=1S/C11H14O3S/c1-7(2)10(11(13)14)15-9-5-3-8(12)4-6-9/h3-7,10,12H,1-2H3,(H,13,14). The maximum absolute atomic E-state index is 10.9. The SMILES string of the molecule is CC(C)C(Sc1ccc(O)cc1)C(=O)O. The topological polar surface area (TPSA) is 57.5 Å². The number of hydrogen-bond acceptors (Lipinski definition) is 3. The van der Waals surface area contributed by atoms with Gasteiger partial charge in [0.2, 0.25) is 0 Å². The molecule has 0 fully saturated rings. The van der Waals surface area contributed by atoms with Gasteiger partial charge in [-0.25, -0.2) is 0 Å². The van der Waals surface area contributed by atoms with Gasteiger partial charge in [0.05, 0.1) is 0 Å². The summed E-state index contributed by atoms with van der Waals surface area (Å²) in [6, 6.07) is 6.56. The van der Waals surface area contributed by atoms with Crippen molar-refractivity contribution in [3.8, 4) is 5.75 Å². The number of thioether (sulfide) groups is 1. The van der Waals surface area contributed by atoms with Crippen molar-refractivity contribution in [2.45, 2.75) is 24.0 Å². The van der Waals surface area contributed by atoms with E-state index in [1.807, 2.05) is 13.8 Å². The Hall–Kier alpha value is -1.16. The fourth-order valence-electron chi connectivity index (χ4n) is 1.14. The highest BCUT2D eigenvalue weighted by Crippen LogP contribution is 2.29. The number of benzene rings is 1. The Bertz CT molecular complexity index is 332. The van der Waals surface area contributed by atoms with Gasteiger partial charge >= 0.3 is 5.97 Å². The Morgan fingerprint density at radius 3 is 2.20 bits per heavy atom. The molecule has 0 amide bonds. The molecule has 1 rings (SSSR count). The van der Waals surface area contributed by atoms with Crippen LogP contribution in [0.3, 0.4) is 0 Å². The fourth-order valence-corrected chi connectivity index (χ4v) is 2.10. The minimum Gasteiger partial charge on any atom is -0.508 e. The van der Waals surface area contributed by atoms with Gasteiger partial charge in [0.15, 0.2) is 0 Å². The third-order valence-electron chi connectivity index (χ3n) is 1.95. The number of hydrogen-bond donors (Lipinski definition) is 2. The Kier molecular flexibility index (Phi) is 4.03. The van der Waals surface area contributed by atoms with Crippen LogP contribution in [0.25, 0.3) is 0 Å². The molecule has 1 atom stereocenters. The first kappa shape index (κ1) is 11.9. The van der Waals surface area contributed by atoms with Gasteiger partial charge in [0, 0.05) is 4.90 Å². The van der Waals surface area contributed by atoms with E-state index in [0.717, 1.165) is 4.90 Å². The normalized spacial score (nSPS) is 12.7. The Morgan fingerprint density at radius 1 is 1.27 bits per heavy atom. The van der Waals surface area contributed by atoms with Gasteiger partial charge in [-0.2, -0.15) is 0 Å². The lowest BCUT2D eigenvalue weighted by Crippen LogP contribution is -2.22. The number of phenols is 1. The highest BCUT2D eigenvalue weighted by molar-refractivity contribution is 8.00.